The van der Waals surface area contributed by atoms with E-state index in [4.69, 9.17) is 4.74 Å². The highest BCUT2D eigenvalue weighted by Crippen LogP contribution is 2.06. The van der Waals surface area contributed by atoms with Gasteiger partial charge in [-0.3, -0.25) is 9.59 Å². The molecule has 0 rings (SSSR count). The largest absolute Gasteiger partial charge is 0.464 e. The van der Waals surface area contributed by atoms with Crippen molar-refractivity contribution in [1.29, 1.82) is 0 Å². The molecular formula is C12H23NO3. The quantitative estimate of drug-likeness (QED) is 0.673. The number of ketones is 1. The second-order valence-electron chi connectivity index (χ2n) is 5.00. The third-order valence-corrected chi connectivity index (χ3v) is 2.10. The molecule has 16 heavy (non-hydrogen) atoms. The van der Waals surface area contributed by atoms with Crippen LogP contribution in [-0.4, -0.2) is 30.4 Å². The molecule has 0 fully saturated rings. The van der Waals surface area contributed by atoms with Gasteiger partial charge >= 0.3 is 5.97 Å². The molecule has 0 bridgehead atoms. The van der Waals surface area contributed by atoms with E-state index in [9.17, 15) is 9.59 Å². The van der Waals surface area contributed by atoms with Crippen LogP contribution in [-0.2, 0) is 14.3 Å². The van der Waals surface area contributed by atoms with Crippen molar-refractivity contribution in [2.75, 3.05) is 13.2 Å². The summed E-state index contributed by atoms with van der Waals surface area (Å²) in [6.07, 6.45) is 0.431. The van der Waals surface area contributed by atoms with E-state index >= 15 is 0 Å². The highest BCUT2D eigenvalue weighted by molar-refractivity contribution is 5.80. The number of carbonyl (C=O) groups is 2. The van der Waals surface area contributed by atoms with E-state index in [2.05, 4.69) is 5.32 Å². The Morgan fingerprint density at radius 2 is 1.88 bits per heavy atom. The lowest BCUT2D eigenvalue weighted by Crippen LogP contribution is -2.48. The van der Waals surface area contributed by atoms with Crippen molar-refractivity contribution in [2.45, 2.75) is 46.6 Å². The minimum absolute atomic E-state index is 0.110. The SMILES string of the molecule is CC(=O)CCNC(C)(C)C(=O)OCC(C)C. The topological polar surface area (TPSA) is 55.4 Å². The van der Waals surface area contributed by atoms with Crippen LogP contribution in [0.1, 0.15) is 41.0 Å². The van der Waals surface area contributed by atoms with Gasteiger partial charge in [-0.05, 0) is 26.7 Å². The van der Waals surface area contributed by atoms with Crippen LogP contribution in [0.4, 0.5) is 0 Å². The number of rotatable bonds is 7. The molecule has 94 valence electrons. The van der Waals surface area contributed by atoms with Gasteiger partial charge in [0.05, 0.1) is 6.61 Å². The number of esters is 1. The fraction of sp³-hybridized carbons (Fsp3) is 0.833. The lowest BCUT2D eigenvalue weighted by atomic mass is 10.1. The average molecular weight is 229 g/mol. The van der Waals surface area contributed by atoms with Crippen LogP contribution in [0.15, 0.2) is 0 Å². The van der Waals surface area contributed by atoms with Crippen LogP contribution in [0.5, 0.6) is 0 Å². The Bertz CT molecular complexity index is 247. The maximum atomic E-state index is 11.7. The minimum atomic E-state index is -0.732. The molecule has 0 heterocycles. The van der Waals surface area contributed by atoms with Crippen molar-refractivity contribution >= 4 is 11.8 Å². The van der Waals surface area contributed by atoms with Crippen LogP contribution in [0.2, 0.25) is 0 Å². The van der Waals surface area contributed by atoms with E-state index in [1.165, 1.54) is 6.92 Å². The molecule has 0 saturated heterocycles. The Morgan fingerprint density at radius 3 is 2.31 bits per heavy atom. The predicted molar refractivity (Wildman–Crippen MR) is 63.2 cm³/mol. The van der Waals surface area contributed by atoms with E-state index in [1.54, 1.807) is 13.8 Å². The van der Waals surface area contributed by atoms with Gasteiger partial charge in [-0.1, -0.05) is 13.8 Å². The van der Waals surface area contributed by atoms with E-state index < -0.39 is 5.54 Å². The molecule has 0 unspecified atom stereocenters. The van der Waals surface area contributed by atoms with Crippen LogP contribution in [0.3, 0.4) is 0 Å². The maximum Gasteiger partial charge on any atom is 0.325 e. The van der Waals surface area contributed by atoms with Crippen molar-refractivity contribution in [3.8, 4) is 0 Å². The summed E-state index contributed by atoms with van der Waals surface area (Å²) >= 11 is 0. The number of nitrogens with one attached hydrogen (secondary N) is 1. The zero-order valence-electron chi connectivity index (χ0n) is 10.9. The normalized spacial score (nSPS) is 11.6. The van der Waals surface area contributed by atoms with Crippen molar-refractivity contribution < 1.29 is 14.3 Å². The molecule has 4 heteroatoms. The standard InChI is InChI=1S/C12H23NO3/c1-9(2)8-16-11(15)12(4,5)13-7-6-10(3)14/h9,13H,6-8H2,1-5H3. The zero-order chi connectivity index (χ0) is 12.8. The second kappa shape index (κ2) is 6.63. The van der Waals surface area contributed by atoms with Gasteiger partial charge in [-0.2, -0.15) is 0 Å². The molecule has 0 aromatic carbocycles. The molecule has 0 atom stereocenters. The average Bonchev–Trinajstić information content (AvgIpc) is 2.12. The Hall–Kier alpha value is -0.900. The predicted octanol–water partition coefficient (Wildman–Crippen LogP) is 1.53. The third-order valence-electron chi connectivity index (χ3n) is 2.10. The van der Waals surface area contributed by atoms with Gasteiger partial charge < -0.3 is 10.1 Å². The fourth-order valence-corrected chi connectivity index (χ4v) is 1.05. The Kier molecular flexibility index (Phi) is 6.26. The molecular weight excluding hydrogens is 206 g/mol. The molecule has 0 aromatic heterocycles. The van der Waals surface area contributed by atoms with Gasteiger partial charge in [-0.25, -0.2) is 0 Å². The van der Waals surface area contributed by atoms with Gasteiger partial charge in [0.15, 0.2) is 0 Å². The Labute approximate surface area is 97.7 Å². The summed E-state index contributed by atoms with van der Waals surface area (Å²) in [7, 11) is 0. The van der Waals surface area contributed by atoms with E-state index in [0.29, 0.717) is 25.5 Å². The first-order valence-electron chi connectivity index (χ1n) is 5.67. The highest BCUT2D eigenvalue weighted by atomic mass is 16.5. The van der Waals surface area contributed by atoms with Gasteiger partial charge in [-0.15, -0.1) is 0 Å². The minimum Gasteiger partial charge on any atom is -0.464 e. The molecule has 0 amide bonds. The van der Waals surface area contributed by atoms with Crippen LogP contribution in [0.25, 0.3) is 0 Å². The van der Waals surface area contributed by atoms with Gasteiger partial charge in [0, 0.05) is 13.0 Å². The summed E-state index contributed by atoms with van der Waals surface area (Å²) < 4.78 is 5.14. The van der Waals surface area contributed by atoms with Crippen LogP contribution in [0, 0.1) is 5.92 Å². The first-order chi connectivity index (χ1) is 7.25. The summed E-state index contributed by atoms with van der Waals surface area (Å²) in [5.74, 6) is 0.167. The summed E-state index contributed by atoms with van der Waals surface area (Å²) in [5.41, 5.74) is -0.732. The van der Waals surface area contributed by atoms with Crippen molar-refractivity contribution in [1.82, 2.24) is 5.32 Å². The lowest BCUT2D eigenvalue weighted by molar-refractivity contribution is -0.151. The number of ether oxygens (including phenoxy) is 1. The monoisotopic (exact) mass is 229 g/mol. The molecule has 0 aromatic rings. The molecule has 1 N–H and O–H groups in total. The fourth-order valence-electron chi connectivity index (χ4n) is 1.05. The van der Waals surface area contributed by atoms with E-state index in [-0.39, 0.29) is 11.8 Å². The van der Waals surface area contributed by atoms with Crippen LogP contribution >= 0.6 is 0 Å². The van der Waals surface area contributed by atoms with Gasteiger partial charge in [0.1, 0.15) is 11.3 Å². The first-order valence-corrected chi connectivity index (χ1v) is 5.67. The summed E-state index contributed by atoms with van der Waals surface area (Å²) in [5, 5.41) is 3.02. The molecule has 4 nitrogen and oxygen atoms in total. The summed E-state index contributed by atoms with van der Waals surface area (Å²) in [4.78, 5) is 22.4. The lowest BCUT2D eigenvalue weighted by Gasteiger charge is -2.24. The smallest absolute Gasteiger partial charge is 0.325 e. The third kappa shape index (κ3) is 6.56. The number of Topliss-reactive ketones (excluding diaryl/α,β-unsaturated/α-hetero) is 1. The zero-order valence-corrected chi connectivity index (χ0v) is 10.9. The van der Waals surface area contributed by atoms with Crippen LogP contribution < -0.4 is 5.32 Å². The molecule has 0 aliphatic rings. The maximum absolute atomic E-state index is 11.7. The molecule has 0 aliphatic heterocycles. The van der Waals surface area contributed by atoms with E-state index in [1.807, 2.05) is 13.8 Å². The number of hydrogen-bond acceptors (Lipinski definition) is 4. The van der Waals surface area contributed by atoms with E-state index in [0.717, 1.165) is 0 Å². The highest BCUT2D eigenvalue weighted by Gasteiger charge is 2.28. The molecule has 0 radical (unpaired) electrons. The number of carbonyl (C=O) groups excluding carboxylic acids is 2. The molecule has 0 saturated carbocycles. The second-order valence-corrected chi connectivity index (χ2v) is 5.00. The molecule has 0 aliphatic carbocycles. The summed E-state index contributed by atoms with van der Waals surface area (Å²) in [6.45, 7) is 9.96. The van der Waals surface area contributed by atoms with Crippen molar-refractivity contribution in [3.63, 3.8) is 0 Å². The van der Waals surface area contributed by atoms with Crippen molar-refractivity contribution in [3.05, 3.63) is 0 Å². The first kappa shape index (κ1) is 15.1. The van der Waals surface area contributed by atoms with Gasteiger partial charge in [0.2, 0.25) is 0 Å². The number of hydrogen-bond donors (Lipinski definition) is 1. The Morgan fingerprint density at radius 1 is 1.31 bits per heavy atom. The van der Waals surface area contributed by atoms with Crippen molar-refractivity contribution in [2.24, 2.45) is 5.92 Å². The summed E-state index contributed by atoms with van der Waals surface area (Å²) in [6, 6.07) is 0. The molecule has 0 spiro atoms. The van der Waals surface area contributed by atoms with Gasteiger partial charge in [0.25, 0.3) is 0 Å². The Balaban J connectivity index is 4.00.